The molecule has 1 aliphatic carbocycles. The van der Waals surface area contributed by atoms with E-state index in [2.05, 4.69) is 9.98 Å². The third-order valence-corrected chi connectivity index (χ3v) is 2.72. The maximum atomic E-state index is 9.15. The van der Waals surface area contributed by atoms with Crippen molar-refractivity contribution >= 4 is 6.21 Å². The van der Waals surface area contributed by atoms with Crippen LogP contribution in [0.4, 0.5) is 0 Å². The molecule has 1 aliphatic heterocycles. The number of aliphatic hydroxyl groups is 1. The van der Waals surface area contributed by atoms with Gasteiger partial charge in [0.15, 0.2) is 0 Å². The topological polar surface area (TPSA) is 54.7 Å². The Morgan fingerprint density at radius 1 is 1.47 bits per heavy atom. The highest BCUT2D eigenvalue weighted by Crippen LogP contribution is 2.31. The second-order valence-corrected chi connectivity index (χ2v) is 3.93. The Morgan fingerprint density at radius 2 is 2.33 bits per heavy atom. The third kappa shape index (κ3) is 1.51. The highest BCUT2D eigenvalue weighted by atomic mass is 16.5. The molecule has 4 nitrogen and oxygen atoms in total. The van der Waals surface area contributed by atoms with E-state index >= 15 is 0 Å². The Hall–Kier alpha value is -1.42. The lowest BCUT2D eigenvalue weighted by atomic mass is 10.1. The van der Waals surface area contributed by atoms with Gasteiger partial charge in [-0.15, -0.1) is 0 Å². The fraction of sp³-hybridized carbons (Fsp3) is 0.455. The monoisotopic (exact) mass is 204 g/mol. The Labute approximate surface area is 87.6 Å². The van der Waals surface area contributed by atoms with Crippen LogP contribution in [0.25, 0.3) is 0 Å². The third-order valence-electron chi connectivity index (χ3n) is 2.72. The van der Waals surface area contributed by atoms with Crippen molar-refractivity contribution in [3.8, 4) is 5.88 Å². The summed E-state index contributed by atoms with van der Waals surface area (Å²) >= 11 is 0. The predicted molar refractivity (Wildman–Crippen MR) is 55.1 cm³/mol. The normalized spacial score (nSPS) is 17.9. The van der Waals surface area contributed by atoms with Gasteiger partial charge in [-0.2, -0.15) is 0 Å². The molecule has 78 valence electrons. The van der Waals surface area contributed by atoms with Crippen molar-refractivity contribution in [1.82, 2.24) is 4.98 Å². The molecule has 0 atom stereocenters. The van der Waals surface area contributed by atoms with Crippen LogP contribution in [0.1, 0.15) is 29.5 Å². The van der Waals surface area contributed by atoms with Crippen LogP contribution in [0, 0.1) is 0 Å². The van der Waals surface area contributed by atoms with Crippen molar-refractivity contribution in [2.45, 2.75) is 32.1 Å². The first-order valence-electron chi connectivity index (χ1n) is 5.16. The van der Waals surface area contributed by atoms with Crippen LogP contribution in [0.2, 0.25) is 0 Å². The Morgan fingerprint density at radius 3 is 3.07 bits per heavy atom. The van der Waals surface area contributed by atoms with E-state index in [0.29, 0.717) is 18.5 Å². The summed E-state index contributed by atoms with van der Waals surface area (Å²) in [4.78, 5) is 8.42. The van der Waals surface area contributed by atoms with E-state index in [0.717, 1.165) is 29.5 Å². The van der Waals surface area contributed by atoms with Gasteiger partial charge in [-0.3, -0.25) is 4.99 Å². The summed E-state index contributed by atoms with van der Waals surface area (Å²) in [5.74, 6) is 0.672. The number of fused-ring (bicyclic) bond motifs is 1. The Bertz CT molecular complexity index is 425. The number of hydrogen-bond donors (Lipinski definition) is 1. The van der Waals surface area contributed by atoms with Crippen LogP contribution < -0.4 is 4.74 Å². The lowest BCUT2D eigenvalue weighted by Gasteiger charge is -2.09. The molecular formula is C11H12N2O2. The Balaban J connectivity index is 2.00. The molecule has 4 heteroatoms. The van der Waals surface area contributed by atoms with E-state index in [9.17, 15) is 0 Å². The number of aliphatic imine (C=N–C) groups is 1. The van der Waals surface area contributed by atoms with Crippen LogP contribution in [0.15, 0.2) is 11.2 Å². The summed E-state index contributed by atoms with van der Waals surface area (Å²) in [6.07, 6.45) is 6.06. The van der Waals surface area contributed by atoms with Gasteiger partial charge in [0.2, 0.25) is 5.88 Å². The summed E-state index contributed by atoms with van der Waals surface area (Å²) in [7, 11) is 0. The molecule has 1 N–H and O–H groups in total. The molecule has 3 rings (SSSR count). The van der Waals surface area contributed by atoms with Gasteiger partial charge >= 0.3 is 0 Å². The fourth-order valence-corrected chi connectivity index (χ4v) is 1.71. The number of hydrogen-bond acceptors (Lipinski definition) is 4. The lowest BCUT2D eigenvalue weighted by molar-refractivity contribution is 0.276. The second-order valence-electron chi connectivity index (χ2n) is 3.93. The van der Waals surface area contributed by atoms with Crippen LogP contribution >= 0.6 is 0 Å². The summed E-state index contributed by atoms with van der Waals surface area (Å²) < 4.78 is 5.68. The smallest absolute Gasteiger partial charge is 0.222 e. The fourth-order valence-electron chi connectivity index (χ4n) is 1.71. The SMILES string of the molecule is OCc1cnc(OC2CC2)c2c1CN=C2. The average molecular weight is 204 g/mol. The Kier molecular flexibility index (Phi) is 1.95. The molecule has 0 radical (unpaired) electrons. The van der Waals surface area contributed by atoms with E-state index in [1.54, 1.807) is 12.4 Å². The van der Waals surface area contributed by atoms with Gasteiger partial charge in [0.05, 0.1) is 18.7 Å². The van der Waals surface area contributed by atoms with Crippen LogP contribution in [0.3, 0.4) is 0 Å². The maximum absolute atomic E-state index is 9.15. The summed E-state index contributed by atoms with van der Waals surface area (Å²) in [6, 6.07) is 0. The average Bonchev–Trinajstić information content (AvgIpc) is 2.93. The molecule has 0 bridgehead atoms. The van der Waals surface area contributed by atoms with Crippen molar-refractivity contribution in [3.05, 3.63) is 22.9 Å². The molecule has 0 aromatic carbocycles. The first-order chi connectivity index (χ1) is 7.38. The van der Waals surface area contributed by atoms with E-state index < -0.39 is 0 Å². The molecule has 1 fully saturated rings. The van der Waals surface area contributed by atoms with Gasteiger partial charge in [-0.05, 0) is 18.4 Å². The molecule has 2 aliphatic rings. The number of aromatic nitrogens is 1. The number of pyridine rings is 1. The van der Waals surface area contributed by atoms with Crippen LogP contribution in [-0.4, -0.2) is 22.4 Å². The van der Waals surface area contributed by atoms with Gasteiger partial charge < -0.3 is 9.84 Å². The largest absolute Gasteiger partial charge is 0.474 e. The van der Waals surface area contributed by atoms with Crippen molar-refractivity contribution in [3.63, 3.8) is 0 Å². The van der Waals surface area contributed by atoms with E-state index in [1.807, 2.05) is 0 Å². The van der Waals surface area contributed by atoms with Gasteiger partial charge in [0, 0.05) is 18.0 Å². The van der Waals surface area contributed by atoms with E-state index in [-0.39, 0.29) is 6.61 Å². The number of nitrogens with zero attached hydrogens (tertiary/aromatic N) is 2. The zero-order chi connectivity index (χ0) is 10.3. The predicted octanol–water partition coefficient (Wildman–Crippen LogP) is 1.05. The van der Waals surface area contributed by atoms with Crippen LogP contribution in [-0.2, 0) is 13.2 Å². The molecule has 1 aromatic rings. The quantitative estimate of drug-likeness (QED) is 0.800. The van der Waals surface area contributed by atoms with E-state index in [1.165, 1.54) is 0 Å². The molecule has 0 amide bonds. The minimum absolute atomic E-state index is 0.0163. The summed E-state index contributed by atoms with van der Waals surface area (Å²) in [5, 5.41) is 9.15. The first kappa shape index (κ1) is 8.85. The zero-order valence-electron chi connectivity index (χ0n) is 8.31. The second kappa shape index (κ2) is 3.31. The molecular weight excluding hydrogens is 192 g/mol. The van der Waals surface area contributed by atoms with Gasteiger partial charge in [0.1, 0.15) is 6.10 Å². The van der Waals surface area contributed by atoms with Crippen molar-refractivity contribution in [2.24, 2.45) is 4.99 Å². The highest BCUT2D eigenvalue weighted by molar-refractivity contribution is 5.87. The molecule has 1 saturated carbocycles. The molecule has 0 spiro atoms. The van der Waals surface area contributed by atoms with Crippen LogP contribution in [0.5, 0.6) is 5.88 Å². The standard InChI is InChI=1S/C11H12N2O2/c14-6-7-3-13-11(15-8-1-2-8)10-5-12-4-9(7)10/h3,5,8,14H,1-2,4,6H2. The van der Waals surface area contributed by atoms with Crippen molar-refractivity contribution in [2.75, 3.05) is 0 Å². The highest BCUT2D eigenvalue weighted by Gasteiger charge is 2.27. The lowest BCUT2D eigenvalue weighted by Crippen LogP contribution is -2.05. The summed E-state index contributed by atoms with van der Waals surface area (Å²) in [6.45, 7) is 0.650. The van der Waals surface area contributed by atoms with Gasteiger partial charge in [-0.1, -0.05) is 0 Å². The zero-order valence-corrected chi connectivity index (χ0v) is 8.31. The molecule has 15 heavy (non-hydrogen) atoms. The van der Waals surface area contributed by atoms with Gasteiger partial charge in [-0.25, -0.2) is 4.98 Å². The minimum Gasteiger partial charge on any atom is -0.474 e. The van der Waals surface area contributed by atoms with E-state index in [4.69, 9.17) is 9.84 Å². The molecule has 0 unspecified atom stereocenters. The molecule has 2 heterocycles. The number of aliphatic hydroxyl groups excluding tert-OH is 1. The minimum atomic E-state index is 0.0163. The number of ether oxygens (including phenoxy) is 1. The van der Waals surface area contributed by atoms with Crippen molar-refractivity contribution < 1.29 is 9.84 Å². The summed E-state index contributed by atoms with van der Waals surface area (Å²) in [5.41, 5.74) is 2.86. The molecule has 0 saturated heterocycles. The molecule has 1 aromatic heterocycles. The first-order valence-corrected chi connectivity index (χ1v) is 5.16. The maximum Gasteiger partial charge on any atom is 0.222 e. The van der Waals surface area contributed by atoms with Gasteiger partial charge in [0.25, 0.3) is 0 Å². The van der Waals surface area contributed by atoms with Crippen molar-refractivity contribution in [1.29, 1.82) is 0 Å². The number of rotatable bonds is 3.